The molecular formula is C19H29IN6O2. The van der Waals surface area contributed by atoms with Crippen LogP contribution in [0.2, 0.25) is 0 Å². The SMILES string of the molecule is Cc1nc2n(n1)CCCC2NC(=NCC1CCOC1)NCCc1ccco1.I. The van der Waals surface area contributed by atoms with E-state index in [-0.39, 0.29) is 30.0 Å². The number of guanidine groups is 1. The van der Waals surface area contributed by atoms with Crippen LogP contribution in [0.15, 0.2) is 27.8 Å². The number of furan rings is 1. The molecule has 1 fully saturated rings. The van der Waals surface area contributed by atoms with E-state index in [0.717, 1.165) is 81.9 Å². The zero-order valence-electron chi connectivity index (χ0n) is 16.3. The van der Waals surface area contributed by atoms with Crippen LogP contribution in [0.5, 0.6) is 0 Å². The van der Waals surface area contributed by atoms with Crippen molar-refractivity contribution in [3.05, 3.63) is 35.8 Å². The maximum atomic E-state index is 5.47. The standard InChI is InChI=1S/C19H28N6O2.HI/c1-14-22-18-17(5-2-9-25(18)24-14)23-19(21-12-15-7-11-26-13-15)20-8-6-16-4-3-10-27-16;/h3-4,10,15,17H,2,5-9,11-13H2,1H3,(H2,20,21,23);1H. The second-order valence-corrected chi connectivity index (χ2v) is 7.25. The Bertz CT molecular complexity index is 755. The second-order valence-electron chi connectivity index (χ2n) is 7.25. The van der Waals surface area contributed by atoms with Gasteiger partial charge in [0.25, 0.3) is 0 Å². The molecule has 0 radical (unpaired) electrons. The second kappa shape index (κ2) is 10.2. The van der Waals surface area contributed by atoms with Gasteiger partial charge in [0.05, 0.1) is 18.9 Å². The molecule has 2 unspecified atom stereocenters. The Morgan fingerprint density at radius 3 is 3.11 bits per heavy atom. The summed E-state index contributed by atoms with van der Waals surface area (Å²) in [5.74, 6) is 4.13. The lowest BCUT2D eigenvalue weighted by molar-refractivity contribution is 0.187. The predicted molar refractivity (Wildman–Crippen MR) is 117 cm³/mol. The van der Waals surface area contributed by atoms with E-state index in [1.807, 2.05) is 23.7 Å². The molecule has 8 nitrogen and oxygen atoms in total. The van der Waals surface area contributed by atoms with Crippen LogP contribution >= 0.6 is 24.0 Å². The highest BCUT2D eigenvalue weighted by molar-refractivity contribution is 14.0. The van der Waals surface area contributed by atoms with Gasteiger partial charge in [-0.05, 0) is 38.3 Å². The molecule has 0 saturated carbocycles. The molecule has 2 aliphatic rings. The van der Waals surface area contributed by atoms with Crippen molar-refractivity contribution < 1.29 is 9.15 Å². The first-order valence-electron chi connectivity index (χ1n) is 9.84. The van der Waals surface area contributed by atoms with E-state index < -0.39 is 0 Å². The molecule has 4 heterocycles. The minimum atomic E-state index is 0. The first-order valence-corrected chi connectivity index (χ1v) is 9.84. The molecule has 4 rings (SSSR count). The third-order valence-electron chi connectivity index (χ3n) is 5.07. The maximum Gasteiger partial charge on any atom is 0.191 e. The number of rotatable bonds is 6. The molecule has 2 N–H and O–H groups in total. The summed E-state index contributed by atoms with van der Waals surface area (Å²) in [6.45, 7) is 6.07. The number of nitrogens with zero attached hydrogens (tertiary/aromatic N) is 4. The number of nitrogens with one attached hydrogen (secondary N) is 2. The highest BCUT2D eigenvalue weighted by Gasteiger charge is 2.24. The van der Waals surface area contributed by atoms with Crippen molar-refractivity contribution in [3.63, 3.8) is 0 Å². The van der Waals surface area contributed by atoms with Gasteiger partial charge in [0.1, 0.15) is 17.4 Å². The number of hydrogen-bond donors (Lipinski definition) is 2. The summed E-state index contributed by atoms with van der Waals surface area (Å²) in [6.07, 6.45) is 5.73. The van der Waals surface area contributed by atoms with Gasteiger partial charge in [-0.1, -0.05) is 0 Å². The number of ether oxygens (including phenoxy) is 1. The van der Waals surface area contributed by atoms with Crippen molar-refractivity contribution in [1.82, 2.24) is 25.4 Å². The monoisotopic (exact) mass is 500 g/mol. The Hall–Kier alpha value is -1.62. The Labute approximate surface area is 182 Å². The van der Waals surface area contributed by atoms with Crippen LogP contribution in [-0.4, -0.2) is 47.0 Å². The van der Waals surface area contributed by atoms with Crippen molar-refractivity contribution in [2.24, 2.45) is 10.9 Å². The van der Waals surface area contributed by atoms with E-state index in [1.54, 1.807) is 6.26 Å². The molecule has 9 heteroatoms. The molecular weight excluding hydrogens is 471 g/mol. The van der Waals surface area contributed by atoms with Gasteiger partial charge in [0.2, 0.25) is 0 Å². The lowest BCUT2D eigenvalue weighted by atomic mass is 10.1. The third-order valence-corrected chi connectivity index (χ3v) is 5.07. The summed E-state index contributed by atoms with van der Waals surface area (Å²) < 4.78 is 12.9. The first-order chi connectivity index (χ1) is 13.3. The number of hydrogen-bond acceptors (Lipinski definition) is 5. The van der Waals surface area contributed by atoms with Crippen LogP contribution in [0.25, 0.3) is 0 Å². The molecule has 0 aliphatic carbocycles. The van der Waals surface area contributed by atoms with Crippen molar-refractivity contribution in [2.45, 2.75) is 45.2 Å². The fraction of sp³-hybridized carbons (Fsp3) is 0.632. The Kier molecular flexibility index (Phi) is 7.72. The average Bonchev–Trinajstić information content (AvgIpc) is 3.41. The molecule has 0 bridgehead atoms. The zero-order chi connectivity index (χ0) is 18.5. The summed E-state index contributed by atoms with van der Waals surface area (Å²) >= 11 is 0. The minimum Gasteiger partial charge on any atom is -0.469 e. The summed E-state index contributed by atoms with van der Waals surface area (Å²) in [5.41, 5.74) is 0. The van der Waals surface area contributed by atoms with E-state index in [1.165, 1.54) is 0 Å². The van der Waals surface area contributed by atoms with Gasteiger partial charge in [-0.15, -0.1) is 24.0 Å². The molecule has 154 valence electrons. The summed E-state index contributed by atoms with van der Waals surface area (Å²) in [6, 6.07) is 4.04. The third kappa shape index (κ3) is 5.47. The van der Waals surface area contributed by atoms with E-state index in [2.05, 4.69) is 20.7 Å². The van der Waals surface area contributed by atoms with Gasteiger partial charge in [0.15, 0.2) is 5.96 Å². The van der Waals surface area contributed by atoms with Crippen molar-refractivity contribution in [2.75, 3.05) is 26.3 Å². The quantitative estimate of drug-likeness (QED) is 0.360. The molecule has 28 heavy (non-hydrogen) atoms. The topological polar surface area (TPSA) is 89.5 Å². The Morgan fingerprint density at radius 2 is 2.32 bits per heavy atom. The number of aryl methyl sites for hydroxylation is 2. The fourth-order valence-electron chi connectivity index (χ4n) is 3.63. The Morgan fingerprint density at radius 1 is 1.39 bits per heavy atom. The molecule has 2 atom stereocenters. The highest BCUT2D eigenvalue weighted by atomic mass is 127. The van der Waals surface area contributed by atoms with Gasteiger partial charge in [0, 0.05) is 38.6 Å². The van der Waals surface area contributed by atoms with E-state index in [0.29, 0.717) is 5.92 Å². The predicted octanol–water partition coefficient (Wildman–Crippen LogP) is 2.45. The smallest absolute Gasteiger partial charge is 0.191 e. The average molecular weight is 500 g/mol. The first kappa shape index (κ1) is 21.1. The summed E-state index contributed by atoms with van der Waals surface area (Å²) in [4.78, 5) is 9.44. The van der Waals surface area contributed by atoms with Gasteiger partial charge < -0.3 is 19.8 Å². The lowest BCUT2D eigenvalue weighted by Crippen LogP contribution is -2.42. The van der Waals surface area contributed by atoms with Gasteiger partial charge in [-0.25, -0.2) is 9.67 Å². The van der Waals surface area contributed by atoms with Gasteiger partial charge >= 0.3 is 0 Å². The lowest BCUT2D eigenvalue weighted by Gasteiger charge is -2.25. The highest BCUT2D eigenvalue weighted by Crippen LogP contribution is 2.23. The van der Waals surface area contributed by atoms with Crippen LogP contribution in [0.3, 0.4) is 0 Å². The maximum absolute atomic E-state index is 5.47. The van der Waals surface area contributed by atoms with Crippen LogP contribution in [0, 0.1) is 12.8 Å². The van der Waals surface area contributed by atoms with Crippen LogP contribution in [0.1, 0.15) is 42.7 Å². The molecule has 2 aromatic rings. The fourth-order valence-corrected chi connectivity index (χ4v) is 3.63. The molecule has 2 aromatic heterocycles. The van der Waals surface area contributed by atoms with Crippen LogP contribution in [0.4, 0.5) is 0 Å². The molecule has 2 aliphatic heterocycles. The van der Waals surface area contributed by atoms with Crippen LogP contribution in [-0.2, 0) is 17.7 Å². The zero-order valence-corrected chi connectivity index (χ0v) is 18.6. The molecule has 0 aromatic carbocycles. The summed E-state index contributed by atoms with van der Waals surface area (Å²) in [5, 5.41) is 11.5. The van der Waals surface area contributed by atoms with E-state index in [9.17, 15) is 0 Å². The number of aromatic nitrogens is 3. The molecule has 0 spiro atoms. The Balaban J connectivity index is 0.00000225. The largest absolute Gasteiger partial charge is 0.469 e. The van der Waals surface area contributed by atoms with Crippen molar-refractivity contribution in [3.8, 4) is 0 Å². The van der Waals surface area contributed by atoms with E-state index in [4.69, 9.17) is 14.1 Å². The van der Waals surface area contributed by atoms with Gasteiger partial charge in [-0.3, -0.25) is 4.99 Å². The number of aliphatic imine (C=N–C) groups is 1. The molecule has 0 amide bonds. The molecule has 1 saturated heterocycles. The van der Waals surface area contributed by atoms with Crippen LogP contribution < -0.4 is 10.6 Å². The number of fused-ring (bicyclic) bond motifs is 1. The number of halogens is 1. The van der Waals surface area contributed by atoms with Gasteiger partial charge in [-0.2, -0.15) is 5.10 Å². The minimum absolute atomic E-state index is 0. The normalized spacial score (nSPS) is 21.8. The van der Waals surface area contributed by atoms with E-state index >= 15 is 0 Å². The van der Waals surface area contributed by atoms with Crippen molar-refractivity contribution in [1.29, 1.82) is 0 Å². The van der Waals surface area contributed by atoms with Crippen molar-refractivity contribution >= 4 is 29.9 Å². The summed E-state index contributed by atoms with van der Waals surface area (Å²) in [7, 11) is 0.